The first-order valence-electron chi connectivity index (χ1n) is 5.84. The van der Waals surface area contributed by atoms with Gasteiger partial charge in [-0.25, -0.2) is 0 Å². The van der Waals surface area contributed by atoms with Gasteiger partial charge in [0, 0.05) is 6.07 Å². The van der Waals surface area contributed by atoms with E-state index in [4.69, 9.17) is 20.3 Å². The van der Waals surface area contributed by atoms with E-state index in [-0.39, 0.29) is 11.7 Å². The Balaban J connectivity index is 2.50. The minimum atomic E-state index is -0.953. The van der Waals surface area contributed by atoms with Gasteiger partial charge in [0.15, 0.2) is 5.16 Å². The molecular weight excluding hydrogens is 296 g/mol. The average Bonchev–Trinajstić information content (AvgIpc) is 2.85. The van der Waals surface area contributed by atoms with E-state index in [1.165, 1.54) is 11.7 Å². The Kier molecular flexibility index (Phi) is 4.53. The number of carboxylic acid groups (broad SMARTS) is 1. The summed E-state index contributed by atoms with van der Waals surface area (Å²) in [5.74, 6) is 0.178. The molecule has 0 radical (unpaired) electrons. The number of hydrogen-bond acceptors (Lipinski definition) is 7. The minimum absolute atomic E-state index is 0.134. The Morgan fingerprint density at radius 3 is 2.76 bits per heavy atom. The molecular formula is C12H14N4O4S. The molecule has 112 valence electrons. The molecule has 1 heterocycles. The van der Waals surface area contributed by atoms with Crippen molar-refractivity contribution in [3.8, 4) is 17.2 Å². The third-order valence-electron chi connectivity index (χ3n) is 2.61. The largest absolute Gasteiger partial charge is 0.497 e. The van der Waals surface area contributed by atoms with Crippen LogP contribution in [0.25, 0.3) is 5.69 Å². The van der Waals surface area contributed by atoms with E-state index in [0.717, 1.165) is 11.8 Å². The quantitative estimate of drug-likeness (QED) is 0.761. The number of benzene rings is 1. The summed E-state index contributed by atoms with van der Waals surface area (Å²) in [6.07, 6.45) is 0. The van der Waals surface area contributed by atoms with Crippen molar-refractivity contribution in [1.82, 2.24) is 14.8 Å². The summed E-state index contributed by atoms with van der Waals surface area (Å²) in [5.41, 5.74) is 6.40. The monoisotopic (exact) mass is 310 g/mol. The number of rotatable bonds is 6. The first kappa shape index (κ1) is 15.0. The van der Waals surface area contributed by atoms with Crippen LogP contribution in [0.3, 0.4) is 0 Å². The molecule has 0 aliphatic rings. The lowest BCUT2D eigenvalue weighted by atomic mass is 10.2. The molecule has 2 rings (SSSR count). The fourth-order valence-electron chi connectivity index (χ4n) is 1.70. The fraction of sp³-hybridized carbons (Fsp3) is 0.250. The van der Waals surface area contributed by atoms with E-state index in [0.29, 0.717) is 22.3 Å². The van der Waals surface area contributed by atoms with E-state index in [1.807, 2.05) is 0 Å². The van der Waals surface area contributed by atoms with Gasteiger partial charge in [-0.3, -0.25) is 9.36 Å². The van der Waals surface area contributed by atoms with Crippen molar-refractivity contribution < 1.29 is 19.4 Å². The number of carboxylic acids is 1. The molecule has 0 aliphatic heterocycles. The Morgan fingerprint density at radius 2 is 2.14 bits per heavy atom. The highest BCUT2D eigenvalue weighted by Gasteiger charge is 2.17. The summed E-state index contributed by atoms with van der Waals surface area (Å²) >= 11 is 1.02. The lowest BCUT2D eigenvalue weighted by Gasteiger charge is -2.13. The smallest absolute Gasteiger partial charge is 0.313 e. The molecule has 0 fully saturated rings. The van der Waals surface area contributed by atoms with E-state index < -0.39 is 5.97 Å². The number of nitrogen functional groups attached to an aromatic ring is 1. The van der Waals surface area contributed by atoms with Gasteiger partial charge >= 0.3 is 5.97 Å². The summed E-state index contributed by atoms with van der Waals surface area (Å²) in [4.78, 5) is 10.7. The predicted molar refractivity (Wildman–Crippen MR) is 77.2 cm³/mol. The molecule has 0 aliphatic carbocycles. The average molecular weight is 310 g/mol. The molecule has 9 heteroatoms. The number of anilines is 1. The van der Waals surface area contributed by atoms with Crippen molar-refractivity contribution in [1.29, 1.82) is 0 Å². The van der Waals surface area contributed by atoms with Gasteiger partial charge in [-0.05, 0) is 12.1 Å². The second kappa shape index (κ2) is 6.35. The second-order valence-electron chi connectivity index (χ2n) is 3.90. The molecule has 2 aromatic rings. The van der Waals surface area contributed by atoms with Crippen molar-refractivity contribution in [2.75, 3.05) is 25.7 Å². The van der Waals surface area contributed by atoms with E-state index in [1.54, 1.807) is 25.3 Å². The predicted octanol–water partition coefficient (Wildman–Crippen LogP) is 1.04. The van der Waals surface area contributed by atoms with Crippen LogP contribution >= 0.6 is 11.8 Å². The van der Waals surface area contributed by atoms with Crippen LogP contribution in [0.5, 0.6) is 11.5 Å². The number of aromatic nitrogens is 3. The van der Waals surface area contributed by atoms with Crippen molar-refractivity contribution in [3.63, 3.8) is 0 Å². The molecule has 0 unspecified atom stereocenters. The lowest BCUT2D eigenvalue weighted by Crippen LogP contribution is -2.06. The van der Waals surface area contributed by atoms with Gasteiger partial charge in [0.25, 0.3) is 0 Å². The third-order valence-corrected chi connectivity index (χ3v) is 3.52. The van der Waals surface area contributed by atoms with Gasteiger partial charge in [-0.1, -0.05) is 11.8 Å². The van der Waals surface area contributed by atoms with Gasteiger partial charge in [0.1, 0.15) is 11.5 Å². The van der Waals surface area contributed by atoms with Crippen LogP contribution in [0, 0.1) is 0 Å². The molecule has 0 bridgehead atoms. The molecule has 0 spiro atoms. The van der Waals surface area contributed by atoms with Gasteiger partial charge in [0.05, 0.1) is 25.7 Å². The summed E-state index contributed by atoms with van der Waals surface area (Å²) in [7, 11) is 3.07. The molecule has 8 nitrogen and oxygen atoms in total. The highest BCUT2D eigenvalue weighted by atomic mass is 32.2. The summed E-state index contributed by atoms with van der Waals surface area (Å²) in [6.45, 7) is 0. The SMILES string of the molecule is COc1ccc(OC)c(-n2c(N)nnc2SCC(=O)O)c1. The zero-order valence-electron chi connectivity index (χ0n) is 11.4. The van der Waals surface area contributed by atoms with Crippen LogP contribution < -0.4 is 15.2 Å². The Bertz CT molecular complexity index is 659. The number of nitrogens with zero attached hydrogens (tertiary/aromatic N) is 3. The van der Waals surface area contributed by atoms with Crippen LogP contribution in [0.15, 0.2) is 23.4 Å². The number of thioether (sulfide) groups is 1. The molecule has 0 saturated carbocycles. The normalized spacial score (nSPS) is 10.4. The van der Waals surface area contributed by atoms with Crippen LogP contribution in [-0.2, 0) is 4.79 Å². The first-order chi connectivity index (χ1) is 10.1. The number of methoxy groups -OCH3 is 2. The van der Waals surface area contributed by atoms with Crippen LogP contribution in [0.1, 0.15) is 0 Å². The van der Waals surface area contributed by atoms with Crippen LogP contribution in [0.2, 0.25) is 0 Å². The highest BCUT2D eigenvalue weighted by molar-refractivity contribution is 7.99. The van der Waals surface area contributed by atoms with E-state index >= 15 is 0 Å². The number of nitrogens with two attached hydrogens (primary N) is 1. The zero-order valence-corrected chi connectivity index (χ0v) is 12.3. The molecule has 0 saturated heterocycles. The van der Waals surface area contributed by atoms with Gasteiger partial charge in [-0.2, -0.15) is 0 Å². The van der Waals surface area contributed by atoms with E-state index in [2.05, 4.69) is 10.2 Å². The molecule has 1 aromatic heterocycles. The molecule has 3 N–H and O–H groups in total. The molecule has 1 aromatic carbocycles. The van der Waals surface area contributed by atoms with Crippen molar-refractivity contribution in [2.45, 2.75) is 5.16 Å². The van der Waals surface area contributed by atoms with Gasteiger partial charge in [-0.15, -0.1) is 10.2 Å². The summed E-state index contributed by atoms with van der Waals surface area (Å²) in [5, 5.41) is 16.8. The van der Waals surface area contributed by atoms with Gasteiger partial charge < -0.3 is 20.3 Å². The maximum Gasteiger partial charge on any atom is 0.313 e. The van der Waals surface area contributed by atoms with Gasteiger partial charge in [0.2, 0.25) is 5.95 Å². The third kappa shape index (κ3) is 3.19. The van der Waals surface area contributed by atoms with Crippen molar-refractivity contribution in [2.24, 2.45) is 0 Å². The Morgan fingerprint density at radius 1 is 1.38 bits per heavy atom. The van der Waals surface area contributed by atoms with Crippen molar-refractivity contribution in [3.05, 3.63) is 18.2 Å². The zero-order chi connectivity index (χ0) is 15.4. The summed E-state index contributed by atoms with van der Waals surface area (Å²) < 4.78 is 12.0. The number of hydrogen-bond donors (Lipinski definition) is 2. The fourth-order valence-corrected chi connectivity index (χ4v) is 2.37. The van der Waals surface area contributed by atoms with E-state index in [9.17, 15) is 4.79 Å². The Labute approximate surface area is 124 Å². The standard InChI is InChI=1S/C12H14N4O4S/c1-19-7-3-4-9(20-2)8(5-7)16-11(13)14-15-12(16)21-6-10(17)18/h3-5H,6H2,1-2H3,(H2,13,14)(H,17,18). The molecule has 0 atom stereocenters. The van der Waals surface area contributed by atoms with Crippen LogP contribution in [-0.4, -0.2) is 45.8 Å². The maximum absolute atomic E-state index is 10.7. The first-order valence-corrected chi connectivity index (χ1v) is 6.83. The number of carbonyl (C=O) groups is 1. The second-order valence-corrected chi connectivity index (χ2v) is 4.84. The highest BCUT2D eigenvalue weighted by Crippen LogP contribution is 2.32. The molecule has 0 amide bonds. The minimum Gasteiger partial charge on any atom is -0.497 e. The number of aliphatic carboxylic acids is 1. The Hall–Kier alpha value is -2.42. The van der Waals surface area contributed by atoms with Crippen molar-refractivity contribution >= 4 is 23.7 Å². The van der Waals surface area contributed by atoms with Crippen LogP contribution in [0.4, 0.5) is 5.95 Å². The summed E-state index contributed by atoms with van der Waals surface area (Å²) in [6, 6.07) is 5.18. The molecule has 21 heavy (non-hydrogen) atoms. The lowest BCUT2D eigenvalue weighted by molar-refractivity contribution is -0.133. The topological polar surface area (TPSA) is 112 Å². The number of ether oxygens (including phenoxy) is 2. The maximum atomic E-state index is 10.7.